The quantitative estimate of drug-likeness (QED) is 0.779. The van der Waals surface area contributed by atoms with Crippen LogP contribution >= 0.6 is 0 Å². The number of ketones is 1. The van der Waals surface area contributed by atoms with Crippen LogP contribution in [0.25, 0.3) is 10.9 Å². The van der Waals surface area contributed by atoms with Gasteiger partial charge in [0.25, 0.3) is 0 Å². The number of aromatic amines is 1. The van der Waals surface area contributed by atoms with Gasteiger partial charge in [-0.3, -0.25) is 4.79 Å². The number of rotatable bonds is 2. The summed E-state index contributed by atoms with van der Waals surface area (Å²) in [6.45, 7) is 1.61. The Balaban J connectivity index is 2.04. The van der Waals surface area contributed by atoms with Crippen LogP contribution in [0.2, 0.25) is 0 Å². The Morgan fingerprint density at radius 2 is 2.29 bits per heavy atom. The molecular formula is C13H13FN2O. The summed E-state index contributed by atoms with van der Waals surface area (Å²) in [5.41, 5.74) is 1.41. The van der Waals surface area contributed by atoms with Crippen molar-refractivity contribution in [3.05, 3.63) is 35.8 Å². The van der Waals surface area contributed by atoms with Crippen LogP contribution in [-0.2, 0) is 0 Å². The smallest absolute Gasteiger partial charge is 0.169 e. The minimum Gasteiger partial charge on any atom is -0.360 e. The van der Waals surface area contributed by atoms with Crippen LogP contribution in [0.15, 0.2) is 24.4 Å². The largest absolute Gasteiger partial charge is 0.360 e. The minimum atomic E-state index is -0.310. The molecule has 1 fully saturated rings. The molecule has 1 aromatic carbocycles. The van der Waals surface area contributed by atoms with Crippen LogP contribution in [0, 0.1) is 11.7 Å². The number of carbonyl (C=O) groups is 1. The van der Waals surface area contributed by atoms with Gasteiger partial charge in [-0.05, 0) is 31.2 Å². The summed E-state index contributed by atoms with van der Waals surface area (Å²) in [6, 6.07) is 4.47. The molecule has 17 heavy (non-hydrogen) atoms. The van der Waals surface area contributed by atoms with Crippen LogP contribution in [0.3, 0.4) is 0 Å². The van der Waals surface area contributed by atoms with Crippen LogP contribution < -0.4 is 5.32 Å². The van der Waals surface area contributed by atoms with Crippen LogP contribution in [0.4, 0.5) is 4.39 Å². The van der Waals surface area contributed by atoms with Gasteiger partial charge in [0, 0.05) is 35.1 Å². The van der Waals surface area contributed by atoms with E-state index in [9.17, 15) is 9.18 Å². The Labute approximate surface area is 98.0 Å². The number of carbonyl (C=O) groups excluding carboxylic acids is 1. The van der Waals surface area contributed by atoms with Crippen molar-refractivity contribution < 1.29 is 9.18 Å². The fourth-order valence-corrected chi connectivity index (χ4v) is 2.40. The topological polar surface area (TPSA) is 44.9 Å². The van der Waals surface area contributed by atoms with Gasteiger partial charge in [-0.25, -0.2) is 4.39 Å². The molecule has 4 heteroatoms. The van der Waals surface area contributed by atoms with E-state index in [0.29, 0.717) is 10.9 Å². The molecule has 0 spiro atoms. The predicted molar refractivity (Wildman–Crippen MR) is 63.6 cm³/mol. The SMILES string of the molecule is O=C(c1c[nH]c2ccc(F)cc12)C1CCNC1. The van der Waals surface area contributed by atoms with E-state index in [1.807, 2.05) is 0 Å². The van der Waals surface area contributed by atoms with E-state index in [2.05, 4.69) is 10.3 Å². The molecular weight excluding hydrogens is 219 g/mol. The van der Waals surface area contributed by atoms with E-state index >= 15 is 0 Å². The first-order valence-electron chi connectivity index (χ1n) is 5.77. The molecule has 1 aliphatic rings. The van der Waals surface area contributed by atoms with E-state index in [1.165, 1.54) is 12.1 Å². The number of Topliss-reactive ketones (excluding diaryl/α,β-unsaturated/α-hetero) is 1. The molecule has 0 aliphatic carbocycles. The Hall–Kier alpha value is -1.68. The summed E-state index contributed by atoms with van der Waals surface area (Å²) in [4.78, 5) is 15.3. The fraction of sp³-hybridized carbons (Fsp3) is 0.308. The van der Waals surface area contributed by atoms with Crippen molar-refractivity contribution in [2.24, 2.45) is 5.92 Å². The Kier molecular flexibility index (Phi) is 2.44. The average molecular weight is 232 g/mol. The lowest BCUT2D eigenvalue weighted by molar-refractivity contribution is 0.0932. The van der Waals surface area contributed by atoms with Gasteiger partial charge in [0.15, 0.2) is 5.78 Å². The van der Waals surface area contributed by atoms with Crippen molar-refractivity contribution in [2.45, 2.75) is 6.42 Å². The second kappa shape index (κ2) is 3.96. The van der Waals surface area contributed by atoms with Crippen molar-refractivity contribution >= 4 is 16.7 Å². The highest BCUT2D eigenvalue weighted by Crippen LogP contribution is 2.24. The number of H-pyrrole nitrogens is 1. The number of fused-ring (bicyclic) bond motifs is 1. The lowest BCUT2D eigenvalue weighted by Crippen LogP contribution is -2.17. The van der Waals surface area contributed by atoms with Gasteiger partial charge < -0.3 is 10.3 Å². The number of hydrogen-bond donors (Lipinski definition) is 2. The lowest BCUT2D eigenvalue weighted by Gasteiger charge is -2.05. The summed E-state index contributed by atoms with van der Waals surface area (Å²) >= 11 is 0. The van der Waals surface area contributed by atoms with E-state index in [4.69, 9.17) is 0 Å². The molecule has 1 saturated heterocycles. The third kappa shape index (κ3) is 1.74. The van der Waals surface area contributed by atoms with Crippen molar-refractivity contribution in [1.82, 2.24) is 10.3 Å². The molecule has 1 unspecified atom stereocenters. The summed E-state index contributed by atoms with van der Waals surface area (Å²) in [5, 5.41) is 3.85. The molecule has 2 aromatic rings. The number of halogens is 1. The second-order valence-corrected chi connectivity index (χ2v) is 4.45. The highest BCUT2D eigenvalue weighted by molar-refractivity contribution is 6.09. The maximum atomic E-state index is 13.2. The molecule has 3 rings (SSSR count). The Morgan fingerprint density at radius 3 is 3.06 bits per heavy atom. The molecule has 3 nitrogen and oxygen atoms in total. The summed E-state index contributed by atoms with van der Waals surface area (Å²) in [5.74, 6) is -0.181. The van der Waals surface area contributed by atoms with Crippen molar-refractivity contribution in [2.75, 3.05) is 13.1 Å². The van der Waals surface area contributed by atoms with Gasteiger partial charge in [-0.2, -0.15) is 0 Å². The zero-order valence-corrected chi connectivity index (χ0v) is 9.29. The third-order valence-corrected chi connectivity index (χ3v) is 3.34. The molecule has 0 bridgehead atoms. The number of nitrogens with one attached hydrogen (secondary N) is 2. The zero-order valence-electron chi connectivity index (χ0n) is 9.29. The lowest BCUT2D eigenvalue weighted by atomic mass is 9.96. The van der Waals surface area contributed by atoms with Gasteiger partial charge in [0.2, 0.25) is 0 Å². The molecule has 88 valence electrons. The minimum absolute atomic E-state index is 0.0252. The molecule has 1 aliphatic heterocycles. The summed E-state index contributed by atoms with van der Waals surface area (Å²) in [6.07, 6.45) is 2.55. The van der Waals surface area contributed by atoms with E-state index in [1.54, 1.807) is 12.3 Å². The van der Waals surface area contributed by atoms with E-state index < -0.39 is 0 Å². The third-order valence-electron chi connectivity index (χ3n) is 3.34. The maximum absolute atomic E-state index is 13.2. The normalized spacial score (nSPS) is 19.9. The first kappa shape index (κ1) is 10.5. The standard InChI is InChI=1S/C13H13FN2O/c14-9-1-2-12-10(5-9)11(7-16-12)13(17)8-3-4-15-6-8/h1-2,5,7-8,15-16H,3-4,6H2. The highest BCUT2D eigenvalue weighted by atomic mass is 19.1. The number of hydrogen-bond acceptors (Lipinski definition) is 2. The second-order valence-electron chi connectivity index (χ2n) is 4.45. The van der Waals surface area contributed by atoms with E-state index in [-0.39, 0.29) is 17.5 Å². The summed E-state index contributed by atoms with van der Waals surface area (Å²) in [7, 11) is 0. The number of benzene rings is 1. The van der Waals surface area contributed by atoms with Gasteiger partial charge >= 0.3 is 0 Å². The molecule has 0 saturated carbocycles. The first-order chi connectivity index (χ1) is 8.25. The zero-order chi connectivity index (χ0) is 11.8. The predicted octanol–water partition coefficient (Wildman–Crippen LogP) is 2.10. The van der Waals surface area contributed by atoms with Crippen LogP contribution in [0.1, 0.15) is 16.8 Å². The van der Waals surface area contributed by atoms with Gasteiger partial charge in [0.1, 0.15) is 5.82 Å². The molecule has 0 amide bonds. The first-order valence-corrected chi connectivity index (χ1v) is 5.77. The van der Waals surface area contributed by atoms with Gasteiger partial charge in [-0.1, -0.05) is 0 Å². The van der Waals surface area contributed by atoms with Crippen LogP contribution in [-0.4, -0.2) is 23.9 Å². The highest BCUT2D eigenvalue weighted by Gasteiger charge is 2.25. The van der Waals surface area contributed by atoms with Crippen molar-refractivity contribution in [1.29, 1.82) is 0 Å². The fourth-order valence-electron chi connectivity index (χ4n) is 2.40. The Morgan fingerprint density at radius 1 is 1.41 bits per heavy atom. The van der Waals surface area contributed by atoms with Gasteiger partial charge in [-0.15, -0.1) is 0 Å². The number of aromatic nitrogens is 1. The van der Waals surface area contributed by atoms with Crippen molar-refractivity contribution in [3.8, 4) is 0 Å². The molecule has 1 atom stereocenters. The van der Waals surface area contributed by atoms with Crippen LogP contribution in [0.5, 0.6) is 0 Å². The molecule has 0 radical (unpaired) electrons. The Bertz CT molecular complexity index is 570. The summed E-state index contributed by atoms with van der Waals surface area (Å²) < 4.78 is 13.2. The monoisotopic (exact) mass is 232 g/mol. The van der Waals surface area contributed by atoms with Crippen molar-refractivity contribution in [3.63, 3.8) is 0 Å². The van der Waals surface area contributed by atoms with Gasteiger partial charge in [0.05, 0.1) is 0 Å². The average Bonchev–Trinajstić information content (AvgIpc) is 2.97. The molecule has 2 heterocycles. The maximum Gasteiger partial charge on any atom is 0.169 e. The molecule has 2 N–H and O–H groups in total. The van der Waals surface area contributed by atoms with E-state index in [0.717, 1.165) is 25.0 Å². The molecule has 1 aromatic heterocycles.